The molecule has 0 aliphatic carbocycles. The average molecular weight is 348 g/mol. The van der Waals surface area contributed by atoms with Gasteiger partial charge in [-0.15, -0.1) is 0 Å². The molecule has 1 aromatic rings. The van der Waals surface area contributed by atoms with E-state index < -0.39 is 41.9 Å². The van der Waals surface area contributed by atoms with E-state index in [2.05, 4.69) is 25.7 Å². The molecule has 0 amide bonds. The molecule has 0 aliphatic heterocycles. The molecule has 0 aromatic carbocycles. The van der Waals surface area contributed by atoms with Gasteiger partial charge in [-0.05, 0) is 27.6 Å². The van der Waals surface area contributed by atoms with Gasteiger partial charge in [-0.2, -0.15) is 13.2 Å². The summed E-state index contributed by atoms with van der Waals surface area (Å²) in [6.07, 6.45) is -8.81. The Balaban J connectivity index is 3.37. The molecule has 106 valence electrons. The average Bonchev–Trinajstić information content (AvgIpc) is 2.26. The molecule has 0 saturated carbocycles. The number of aromatic nitrogens is 1. The largest absolute Gasteiger partial charge is 0.469 e. The van der Waals surface area contributed by atoms with Crippen molar-refractivity contribution in [3.63, 3.8) is 0 Å². The molecule has 0 N–H and O–H groups in total. The summed E-state index contributed by atoms with van der Waals surface area (Å²) in [6, 6.07) is 0.800. The van der Waals surface area contributed by atoms with Gasteiger partial charge >= 0.3 is 12.1 Å². The third-order valence-corrected chi connectivity index (χ3v) is 2.75. The number of alkyl halides is 5. The standard InChI is InChI=1S/C10H7BrF5NO2/c1-19-6(18)3-4-2-5(11)7(9(12)13)17-8(4)10(14,15)16/h2,9H,3H2,1H3. The topological polar surface area (TPSA) is 39.2 Å². The van der Waals surface area contributed by atoms with Crippen LogP contribution >= 0.6 is 15.9 Å². The van der Waals surface area contributed by atoms with E-state index in [1.54, 1.807) is 0 Å². The summed E-state index contributed by atoms with van der Waals surface area (Å²) in [5.41, 5.74) is -3.08. The lowest BCUT2D eigenvalue weighted by Crippen LogP contribution is -2.17. The van der Waals surface area contributed by atoms with Crippen LogP contribution in [-0.2, 0) is 22.1 Å². The number of hydrogen-bond donors (Lipinski definition) is 0. The lowest BCUT2D eigenvalue weighted by molar-refractivity contribution is -0.143. The molecule has 0 fully saturated rings. The zero-order valence-electron chi connectivity index (χ0n) is 9.39. The molecule has 0 bridgehead atoms. The van der Waals surface area contributed by atoms with E-state index in [0.717, 1.165) is 13.2 Å². The first-order valence-corrected chi connectivity index (χ1v) is 5.57. The quantitative estimate of drug-likeness (QED) is 0.620. The molecule has 9 heteroatoms. The maximum Gasteiger partial charge on any atom is 0.433 e. The van der Waals surface area contributed by atoms with Crippen molar-refractivity contribution in [2.75, 3.05) is 7.11 Å². The molecular weight excluding hydrogens is 341 g/mol. The molecule has 0 radical (unpaired) electrons. The number of hydrogen-bond acceptors (Lipinski definition) is 3. The molecule has 0 atom stereocenters. The Morgan fingerprint density at radius 3 is 2.47 bits per heavy atom. The Labute approximate surface area is 112 Å². The van der Waals surface area contributed by atoms with Crippen molar-refractivity contribution in [1.82, 2.24) is 4.98 Å². The van der Waals surface area contributed by atoms with Gasteiger partial charge in [-0.1, -0.05) is 0 Å². The summed E-state index contributed by atoms with van der Waals surface area (Å²) in [6.45, 7) is 0. The highest BCUT2D eigenvalue weighted by molar-refractivity contribution is 9.10. The zero-order valence-corrected chi connectivity index (χ0v) is 11.0. The fourth-order valence-electron chi connectivity index (χ4n) is 1.30. The number of carbonyl (C=O) groups excluding carboxylic acids is 1. The van der Waals surface area contributed by atoms with Crippen molar-refractivity contribution in [2.45, 2.75) is 19.0 Å². The van der Waals surface area contributed by atoms with Gasteiger partial charge in [-0.25, -0.2) is 13.8 Å². The Kier molecular flexibility index (Phi) is 4.83. The molecule has 0 spiro atoms. The van der Waals surface area contributed by atoms with Gasteiger partial charge in [0.15, 0.2) is 0 Å². The summed E-state index contributed by atoms with van der Waals surface area (Å²) in [7, 11) is 1.01. The number of ether oxygens (including phenoxy) is 1. The second-order valence-corrected chi connectivity index (χ2v) is 4.27. The number of halogens is 6. The van der Waals surface area contributed by atoms with Crippen LogP contribution < -0.4 is 0 Å². The number of esters is 1. The van der Waals surface area contributed by atoms with Crippen molar-refractivity contribution in [1.29, 1.82) is 0 Å². The molecule has 0 saturated heterocycles. The SMILES string of the molecule is COC(=O)Cc1cc(Br)c(C(F)F)nc1C(F)(F)F. The Hall–Kier alpha value is -1.25. The van der Waals surface area contributed by atoms with Crippen LogP contribution in [0.4, 0.5) is 22.0 Å². The molecule has 19 heavy (non-hydrogen) atoms. The lowest BCUT2D eigenvalue weighted by atomic mass is 10.1. The van der Waals surface area contributed by atoms with Gasteiger partial charge in [0.1, 0.15) is 11.4 Å². The van der Waals surface area contributed by atoms with Crippen molar-refractivity contribution in [3.05, 3.63) is 27.5 Å². The van der Waals surface area contributed by atoms with E-state index in [1.807, 2.05) is 0 Å². The number of rotatable bonds is 3. The second kappa shape index (κ2) is 5.81. The minimum atomic E-state index is -4.94. The monoisotopic (exact) mass is 347 g/mol. The summed E-state index contributed by atoms with van der Waals surface area (Å²) in [4.78, 5) is 13.9. The highest BCUT2D eigenvalue weighted by Crippen LogP contribution is 2.35. The van der Waals surface area contributed by atoms with Gasteiger partial charge in [0.05, 0.1) is 13.5 Å². The van der Waals surface area contributed by atoms with Crippen LogP contribution in [0.2, 0.25) is 0 Å². The first kappa shape index (κ1) is 15.8. The van der Waals surface area contributed by atoms with E-state index >= 15 is 0 Å². The Bertz CT molecular complexity index is 490. The highest BCUT2D eigenvalue weighted by atomic mass is 79.9. The summed E-state index contributed by atoms with van der Waals surface area (Å²) in [5.74, 6) is -0.927. The third kappa shape index (κ3) is 3.85. The van der Waals surface area contributed by atoms with Crippen molar-refractivity contribution in [2.24, 2.45) is 0 Å². The molecule has 3 nitrogen and oxygen atoms in total. The normalized spacial score (nSPS) is 11.8. The molecule has 0 aliphatic rings. The number of nitrogens with zero attached hydrogens (tertiary/aromatic N) is 1. The summed E-state index contributed by atoms with van der Waals surface area (Å²) < 4.78 is 67.1. The van der Waals surface area contributed by atoms with Gasteiger partial charge in [0, 0.05) is 4.47 Å². The minimum Gasteiger partial charge on any atom is -0.469 e. The third-order valence-electron chi connectivity index (χ3n) is 2.12. The second-order valence-electron chi connectivity index (χ2n) is 3.41. The van der Waals surface area contributed by atoms with Gasteiger partial charge in [0.2, 0.25) is 0 Å². The van der Waals surface area contributed by atoms with Crippen molar-refractivity contribution in [3.8, 4) is 0 Å². The van der Waals surface area contributed by atoms with Crippen molar-refractivity contribution >= 4 is 21.9 Å². The van der Waals surface area contributed by atoms with E-state index in [1.165, 1.54) is 0 Å². The van der Waals surface area contributed by atoms with Crippen LogP contribution in [0.5, 0.6) is 0 Å². The Morgan fingerprint density at radius 1 is 1.47 bits per heavy atom. The summed E-state index contributed by atoms with van der Waals surface area (Å²) in [5, 5.41) is 0. The van der Waals surface area contributed by atoms with Crippen LogP contribution in [0.3, 0.4) is 0 Å². The van der Waals surface area contributed by atoms with E-state index in [9.17, 15) is 26.7 Å². The highest BCUT2D eigenvalue weighted by Gasteiger charge is 2.37. The van der Waals surface area contributed by atoms with Crippen LogP contribution in [0.15, 0.2) is 10.5 Å². The van der Waals surface area contributed by atoms with Gasteiger partial charge < -0.3 is 4.74 Å². The predicted octanol–water partition coefficient (Wildman–Crippen LogP) is 3.52. The summed E-state index contributed by atoms with van der Waals surface area (Å²) >= 11 is 2.70. The first-order valence-electron chi connectivity index (χ1n) is 4.78. The van der Waals surface area contributed by atoms with E-state index in [0.29, 0.717) is 0 Å². The lowest BCUT2D eigenvalue weighted by Gasteiger charge is -2.14. The van der Waals surface area contributed by atoms with Crippen molar-refractivity contribution < 1.29 is 31.5 Å². The molecule has 1 rings (SSSR count). The van der Waals surface area contributed by atoms with Gasteiger partial charge in [-0.3, -0.25) is 4.79 Å². The number of methoxy groups -OCH3 is 1. The van der Waals surface area contributed by atoms with Crippen LogP contribution in [0.25, 0.3) is 0 Å². The predicted molar refractivity (Wildman–Crippen MR) is 57.6 cm³/mol. The van der Waals surface area contributed by atoms with Crippen LogP contribution in [-0.4, -0.2) is 18.1 Å². The maximum absolute atomic E-state index is 12.7. The number of carbonyl (C=O) groups is 1. The molecular formula is C10H7BrF5NO2. The zero-order chi connectivity index (χ0) is 14.8. The van der Waals surface area contributed by atoms with Crippen LogP contribution in [0.1, 0.15) is 23.4 Å². The van der Waals surface area contributed by atoms with E-state index in [4.69, 9.17) is 0 Å². The molecule has 1 aromatic heterocycles. The minimum absolute atomic E-state index is 0.297. The maximum atomic E-state index is 12.7. The Morgan fingerprint density at radius 2 is 2.05 bits per heavy atom. The van der Waals surface area contributed by atoms with E-state index in [-0.39, 0.29) is 4.47 Å². The fourth-order valence-corrected chi connectivity index (χ4v) is 1.84. The number of pyridine rings is 1. The fraction of sp³-hybridized carbons (Fsp3) is 0.400. The van der Waals surface area contributed by atoms with Gasteiger partial charge in [0.25, 0.3) is 6.43 Å². The van der Waals surface area contributed by atoms with Crippen LogP contribution in [0, 0.1) is 0 Å². The smallest absolute Gasteiger partial charge is 0.433 e. The molecule has 1 heterocycles. The molecule has 0 unspecified atom stereocenters. The first-order chi connectivity index (χ1) is 8.66.